The van der Waals surface area contributed by atoms with Crippen molar-refractivity contribution in [1.82, 2.24) is 24.5 Å². The molecule has 0 radical (unpaired) electrons. The molecule has 4 rings (SSSR count). The van der Waals surface area contributed by atoms with Crippen LogP contribution in [0, 0.1) is 0 Å². The van der Waals surface area contributed by atoms with Crippen molar-refractivity contribution in [1.29, 1.82) is 0 Å². The second-order valence-electron chi connectivity index (χ2n) is 7.38. The monoisotopic (exact) mass is 380 g/mol. The van der Waals surface area contributed by atoms with Gasteiger partial charge in [-0.05, 0) is 32.4 Å². The molecule has 4 heterocycles. The Kier molecular flexibility index (Phi) is 5.27. The van der Waals surface area contributed by atoms with Crippen LogP contribution in [0.5, 0.6) is 0 Å². The Labute approximate surface area is 165 Å². The molecule has 3 aromatic heterocycles. The molecule has 0 spiro atoms. The van der Waals surface area contributed by atoms with E-state index in [0.717, 1.165) is 67.9 Å². The van der Waals surface area contributed by atoms with Gasteiger partial charge in [0.25, 0.3) is 0 Å². The van der Waals surface area contributed by atoms with Crippen molar-refractivity contribution < 1.29 is 0 Å². The van der Waals surface area contributed by atoms with Gasteiger partial charge in [-0.25, -0.2) is 9.97 Å². The molecular formula is C20H28N8. The highest BCUT2D eigenvalue weighted by Crippen LogP contribution is 2.25. The number of hydrogen-bond donors (Lipinski definition) is 1. The summed E-state index contributed by atoms with van der Waals surface area (Å²) in [5, 5.41) is 3.43. The van der Waals surface area contributed by atoms with E-state index in [-0.39, 0.29) is 0 Å². The Morgan fingerprint density at radius 2 is 1.82 bits per heavy atom. The first-order chi connectivity index (χ1) is 13.7. The Morgan fingerprint density at radius 1 is 1.04 bits per heavy atom. The molecule has 0 atom stereocenters. The molecule has 8 nitrogen and oxygen atoms in total. The van der Waals surface area contributed by atoms with Gasteiger partial charge < -0.3 is 19.7 Å². The van der Waals surface area contributed by atoms with E-state index in [1.807, 2.05) is 24.7 Å². The Morgan fingerprint density at radius 3 is 2.50 bits per heavy atom. The van der Waals surface area contributed by atoms with Crippen LogP contribution in [0.3, 0.4) is 0 Å². The number of imidazole rings is 1. The zero-order valence-electron chi connectivity index (χ0n) is 16.8. The lowest BCUT2D eigenvalue weighted by atomic mass is 10.3. The first kappa shape index (κ1) is 18.5. The van der Waals surface area contributed by atoms with Crippen molar-refractivity contribution in [2.24, 2.45) is 0 Å². The number of piperazine rings is 1. The maximum atomic E-state index is 4.89. The van der Waals surface area contributed by atoms with Crippen LogP contribution in [0.4, 0.5) is 17.6 Å². The molecule has 1 N–H and O–H groups in total. The molecule has 0 unspecified atom stereocenters. The normalized spacial score (nSPS) is 14.9. The van der Waals surface area contributed by atoms with E-state index >= 15 is 0 Å². The molecule has 1 saturated heterocycles. The molecule has 1 fully saturated rings. The van der Waals surface area contributed by atoms with E-state index in [1.165, 1.54) is 0 Å². The van der Waals surface area contributed by atoms with Gasteiger partial charge in [0.15, 0.2) is 17.0 Å². The van der Waals surface area contributed by atoms with E-state index in [0.29, 0.717) is 6.04 Å². The van der Waals surface area contributed by atoms with Crippen LogP contribution in [-0.4, -0.2) is 57.2 Å². The third kappa shape index (κ3) is 3.58. The fourth-order valence-electron chi connectivity index (χ4n) is 3.47. The Bertz CT molecular complexity index is 913. The fraction of sp³-hybridized carbons (Fsp3) is 0.500. The highest BCUT2D eigenvalue weighted by atomic mass is 15.3. The number of hydrogen-bond acceptors (Lipinski definition) is 7. The van der Waals surface area contributed by atoms with E-state index < -0.39 is 0 Å². The van der Waals surface area contributed by atoms with Gasteiger partial charge in [-0.2, -0.15) is 9.97 Å². The van der Waals surface area contributed by atoms with Crippen molar-refractivity contribution in [2.45, 2.75) is 33.2 Å². The number of nitrogens with zero attached hydrogens (tertiary/aromatic N) is 7. The van der Waals surface area contributed by atoms with E-state index in [9.17, 15) is 0 Å². The van der Waals surface area contributed by atoms with Crippen molar-refractivity contribution in [3.8, 4) is 0 Å². The van der Waals surface area contributed by atoms with Gasteiger partial charge in [0.2, 0.25) is 5.95 Å². The summed E-state index contributed by atoms with van der Waals surface area (Å²) in [5.74, 6) is 2.63. The molecule has 1 aliphatic heterocycles. The molecule has 0 bridgehead atoms. The maximum absolute atomic E-state index is 4.89. The zero-order chi connectivity index (χ0) is 19.5. The summed E-state index contributed by atoms with van der Waals surface area (Å²) >= 11 is 0. The van der Waals surface area contributed by atoms with Crippen molar-refractivity contribution in [2.75, 3.05) is 47.8 Å². The average Bonchev–Trinajstić information content (AvgIpc) is 3.17. The predicted molar refractivity (Wildman–Crippen MR) is 113 cm³/mol. The highest BCUT2D eigenvalue weighted by molar-refractivity contribution is 5.84. The summed E-state index contributed by atoms with van der Waals surface area (Å²) in [4.78, 5) is 23.3. The summed E-state index contributed by atoms with van der Waals surface area (Å²) in [7, 11) is 0. The third-order valence-electron chi connectivity index (χ3n) is 5.04. The number of anilines is 3. The summed E-state index contributed by atoms with van der Waals surface area (Å²) in [6.45, 7) is 10.8. The van der Waals surface area contributed by atoms with Crippen LogP contribution < -0.4 is 15.1 Å². The van der Waals surface area contributed by atoms with Gasteiger partial charge in [-0.15, -0.1) is 0 Å². The van der Waals surface area contributed by atoms with Crippen LogP contribution in [-0.2, 0) is 0 Å². The minimum Gasteiger partial charge on any atom is -0.368 e. The highest BCUT2D eigenvalue weighted by Gasteiger charge is 2.22. The molecule has 148 valence electrons. The molecule has 0 aliphatic carbocycles. The van der Waals surface area contributed by atoms with Crippen LogP contribution in [0.2, 0.25) is 0 Å². The first-order valence-electron chi connectivity index (χ1n) is 10.1. The number of nitrogens with one attached hydrogen (secondary N) is 1. The fourth-order valence-corrected chi connectivity index (χ4v) is 3.47. The minimum atomic E-state index is 0.299. The summed E-state index contributed by atoms with van der Waals surface area (Å²) in [6, 6.07) is 6.34. The van der Waals surface area contributed by atoms with Gasteiger partial charge in [-0.1, -0.05) is 13.0 Å². The molecule has 0 aromatic carbocycles. The van der Waals surface area contributed by atoms with Gasteiger partial charge in [0.1, 0.15) is 5.82 Å². The Balaban J connectivity index is 1.60. The van der Waals surface area contributed by atoms with Crippen molar-refractivity contribution in [3.05, 3.63) is 30.7 Å². The van der Waals surface area contributed by atoms with Crippen molar-refractivity contribution in [3.63, 3.8) is 0 Å². The summed E-state index contributed by atoms with van der Waals surface area (Å²) < 4.78 is 2.11. The first-order valence-corrected chi connectivity index (χ1v) is 10.1. The minimum absolute atomic E-state index is 0.299. The van der Waals surface area contributed by atoms with Crippen LogP contribution in [0.25, 0.3) is 11.2 Å². The van der Waals surface area contributed by atoms with E-state index in [4.69, 9.17) is 9.97 Å². The molecule has 8 heteroatoms. The van der Waals surface area contributed by atoms with Gasteiger partial charge in [0, 0.05) is 45.0 Å². The molecule has 0 amide bonds. The molecule has 1 aliphatic rings. The largest absolute Gasteiger partial charge is 0.368 e. The van der Waals surface area contributed by atoms with Crippen LogP contribution in [0.1, 0.15) is 33.2 Å². The summed E-state index contributed by atoms with van der Waals surface area (Å²) in [6.07, 6.45) is 4.75. The predicted octanol–water partition coefficient (Wildman–Crippen LogP) is 2.95. The lowest BCUT2D eigenvalue weighted by molar-refractivity contribution is 0.609. The molecule has 3 aromatic rings. The van der Waals surface area contributed by atoms with Gasteiger partial charge in [0.05, 0.1) is 6.33 Å². The van der Waals surface area contributed by atoms with E-state index in [1.54, 1.807) is 0 Å². The lowest BCUT2D eigenvalue weighted by Gasteiger charge is -2.35. The molecular weight excluding hydrogens is 352 g/mol. The maximum Gasteiger partial charge on any atom is 0.229 e. The van der Waals surface area contributed by atoms with Gasteiger partial charge >= 0.3 is 0 Å². The van der Waals surface area contributed by atoms with Crippen LogP contribution in [0.15, 0.2) is 30.7 Å². The average molecular weight is 381 g/mol. The molecule has 0 saturated carbocycles. The summed E-state index contributed by atoms with van der Waals surface area (Å²) in [5.41, 5.74) is 1.74. The van der Waals surface area contributed by atoms with Crippen LogP contribution >= 0.6 is 0 Å². The second kappa shape index (κ2) is 8.00. The standard InChI is InChI=1S/C20H28N8/c1-4-8-22-18-17-19(28(14-23-17)15(2)3)25-20(24-18)27-12-10-26(11-13-27)16-7-5-6-9-21-16/h5-7,9,14-15H,4,8,10-13H2,1-3H3,(H,22,24,25). The third-order valence-corrected chi connectivity index (χ3v) is 5.04. The van der Waals surface area contributed by atoms with E-state index in [2.05, 4.69) is 56.5 Å². The zero-order valence-corrected chi connectivity index (χ0v) is 16.8. The Hall–Kier alpha value is -2.90. The quantitative estimate of drug-likeness (QED) is 0.705. The number of aromatic nitrogens is 5. The van der Waals surface area contributed by atoms with Gasteiger partial charge in [-0.3, -0.25) is 0 Å². The number of rotatable bonds is 6. The number of pyridine rings is 1. The topological polar surface area (TPSA) is 75.0 Å². The van der Waals surface area contributed by atoms with Crippen molar-refractivity contribution >= 4 is 28.7 Å². The smallest absolute Gasteiger partial charge is 0.229 e. The molecule has 28 heavy (non-hydrogen) atoms. The second-order valence-corrected chi connectivity index (χ2v) is 7.38. The SMILES string of the molecule is CCCNc1nc(N2CCN(c3ccccn3)CC2)nc2c1ncn2C(C)C. The lowest BCUT2D eigenvalue weighted by Crippen LogP contribution is -2.47. The number of fused-ring (bicyclic) bond motifs is 1.